The fraction of sp³-hybridized carbons (Fsp3) is 0.444. The van der Waals surface area contributed by atoms with Crippen molar-refractivity contribution < 1.29 is 18.0 Å². The monoisotopic (exact) mass is 404 g/mol. The van der Waals surface area contributed by atoms with E-state index in [-0.39, 0.29) is 30.0 Å². The summed E-state index contributed by atoms with van der Waals surface area (Å²) in [6.45, 7) is 4.02. The maximum Gasteiger partial charge on any atom is 0.416 e. The molecule has 0 fully saturated rings. The molecular weight excluding hydrogens is 381 g/mol. The number of carbonyl (C=O) groups is 1. The van der Waals surface area contributed by atoms with Gasteiger partial charge in [0, 0.05) is 12.6 Å². The number of nitrogens with two attached hydrogens (primary N) is 1. The first-order valence-electron chi connectivity index (χ1n) is 8.51. The number of alkyl halides is 3. The molecule has 0 radical (unpaired) electrons. The van der Waals surface area contributed by atoms with E-state index in [1.807, 2.05) is 0 Å². The molecule has 9 heteroatoms. The van der Waals surface area contributed by atoms with Gasteiger partial charge in [-0.3, -0.25) is 4.79 Å². The lowest BCUT2D eigenvalue weighted by Crippen LogP contribution is -2.40. The fourth-order valence-corrected chi connectivity index (χ4v) is 2.67. The molecule has 1 unspecified atom stereocenters. The maximum absolute atomic E-state index is 12.9. The quantitative estimate of drug-likeness (QED) is 0.735. The Morgan fingerprint density at radius 3 is 2.67 bits per heavy atom. The third-order valence-electron chi connectivity index (χ3n) is 4.20. The Morgan fingerprint density at radius 2 is 2.07 bits per heavy atom. The van der Waals surface area contributed by atoms with E-state index in [0.29, 0.717) is 17.8 Å². The molecule has 1 aromatic carbocycles. The number of nitrogens with one attached hydrogen (secondary N) is 1. The maximum atomic E-state index is 12.9. The largest absolute Gasteiger partial charge is 0.416 e. The second kappa shape index (κ2) is 9.75. The smallest absolute Gasteiger partial charge is 0.348 e. The highest BCUT2D eigenvalue weighted by Crippen LogP contribution is 2.30. The zero-order chi connectivity index (χ0) is 19.3. The Bertz CT molecular complexity index is 761. The van der Waals surface area contributed by atoms with E-state index >= 15 is 0 Å². The molecule has 1 aromatic heterocycles. The molecule has 27 heavy (non-hydrogen) atoms. The molecule has 3 N–H and O–H groups in total. The summed E-state index contributed by atoms with van der Waals surface area (Å²) in [7, 11) is 0. The molecule has 0 saturated heterocycles. The second-order valence-corrected chi connectivity index (χ2v) is 6.15. The van der Waals surface area contributed by atoms with E-state index in [2.05, 4.69) is 17.3 Å². The van der Waals surface area contributed by atoms with Gasteiger partial charge in [0.25, 0.3) is 5.91 Å². The number of rotatable bonds is 7. The van der Waals surface area contributed by atoms with E-state index in [1.54, 1.807) is 6.92 Å². The Labute approximate surface area is 162 Å². The summed E-state index contributed by atoms with van der Waals surface area (Å²) in [4.78, 5) is 12.5. The predicted octanol–water partition coefficient (Wildman–Crippen LogP) is 3.87. The Kier molecular flexibility index (Phi) is 8.30. The molecule has 0 aliphatic carbocycles. The van der Waals surface area contributed by atoms with Gasteiger partial charge in [-0.05, 0) is 31.5 Å². The third-order valence-corrected chi connectivity index (χ3v) is 4.20. The topological polar surface area (TPSA) is 72.9 Å². The van der Waals surface area contributed by atoms with Crippen LogP contribution in [0.1, 0.15) is 47.8 Å². The summed E-state index contributed by atoms with van der Waals surface area (Å²) in [5, 5.41) is 6.94. The molecule has 1 heterocycles. The Hall–Kier alpha value is -2.06. The van der Waals surface area contributed by atoms with Crippen molar-refractivity contribution in [3.8, 4) is 5.69 Å². The van der Waals surface area contributed by atoms with Crippen LogP contribution in [0.4, 0.5) is 13.2 Å². The molecule has 0 aliphatic heterocycles. The minimum Gasteiger partial charge on any atom is -0.348 e. The van der Waals surface area contributed by atoms with Crippen LogP contribution in [0.5, 0.6) is 0 Å². The van der Waals surface area contributed by atoms with Crippen molar-refractivity contribution in [3.63, 3.8) is 0 Å². The van der Waals surface area contributed by atoms with Gasteiger partial charge in [0.05, 0.1) is 28.7 Å². The number of aromatic nitrogens is 2. The number of benzene rings is 1. The average molecular weight is 405 g/mol. The first-order chi connectivity index (χ1) is 12.3. The van der Waals surface area contributed by atoms with Crippen molar-refractivity contribution in [2.75, 3.05) is 6.54 Å². The highest BCUT2D eigenvalue weighted by Gasteiger charge is 2.30. The van der Waals surface area contributed by atoms with Crippen molar-refractivity contribution in [2.24, 2.45) is 5.73 Å². The van der Waals surface area contributed by atoms with Crippen molar-refractivity contribution in [1.29, 1.82) is 0 Å². The highest BCUT2D eigenvalue weighted by molar-refractivity contribution is 5.95. The Morgan fingerprint density at radius 1 is 1.37 bits per heavy atom. The van der Waals surface area contributed by atoms with Crippen molar-refractivity contribution >= 4 is 18.3 Å². The van der Waals surface area contributed by atoms with E-state index in [1.165, 1.54) is 23.0 Å². The first kappa shape index (κ1) is 23.0. The van der Waals surface area contributed by atoms with Gasteiger partial charge >= 0.3 is 6.18 Å². The summed E-state index contributed by atoms with van der Waals surface area (Å²) in [5.41, 5.74) is 5.96. The van der Waals surface area contributed by atoms with Gasteiger partial charge in [-0.15, -0.1) is 12.4 Å². The van der Waals surface area contributed by atoms with Gasteiger partial charge in [-0.2, -0.15) is 18.3 Å². The van der Waals surface area contributed by atoms with Crippen LogP contribution in [0.3, 0.4) is 0 Å². The number of hydrogen-bond donors (Lipinski definition) is 2. The second-order valence-electron chi connectivity index (χ2n) is 6.15. The lowest BCUT2D eigenvalue weighted by atomic mass is 10.1. The summed E-state index contributed by atoms with van der Waals surface area (Å²) in [6.07, 6.45) is -0.355. The zero-order valence-electron chi connectivity index (χ0n) is 15.2. The van der Waals surface area contributed by atoms with Crippen LogP contribution < -0.4 is 11.1 Å². The van der Waals surface area contributed by atoms with Gasteiger partial charge < -0.3 is 11.1 Å². The van der Waals surface area contributed by atoms with Gasteiger partial charge in [-0.1, -0.05) is 25.8 Å². The summed E-state index contributed by atoms with van der Waals surface area (Å²) < 4.78 is 40.0. The van der Waals surface area contributed by atoms with Crippen molar-refractivity contribution in [3.05, 3.63) is 47.3 Å². The van der Waals surface area contributed by atoms with Crippen LogP contribution in [0.25, 0.3) is 5.69 Å². The molecule has 0 saturated carbocycles. The molecule has 0 aliphatic rings. The van der Waals surface area contributed by atoms with Crippen molar-refractivity contribution in [2.45, 2.75) is 45.3 Å². The normalized spacial score (nSPS) is 12.4. The molecule has 2 rings (SSSR count). The Balaban J connectivity index is 0.00000364. The molecular formula is C18H24ClF3N4O. The fourth-order valence-electron chi connectivity index (χ4n) is 2.67. The summed E-state index contributed by atoms with van der Waals surface area (Å²) >= 11 is 0. The molecule has 1 atom stereocenters. The van der Waals surface area contributed by atoms with Gasteiger partial charge in [0.2, 0.25) is 0 Å². The van der Waals surface area contributed by atoms with Crippen LogP contribution in [0, 0.1) is 6.92 Å². The molecule has 0 bridgehead atoms. The molecule has 0 spiro atoms. The lowest BCUT2D eigenvalue weighted by Gasteiger charge is -2.16. The average Bonchev–Trinajstić information content (AvgIpc) is 2.99. The SMILES string of the molecule is CCCCC(CN)NC(=O)c1cnn(-c2cccc(C(F)(F)F)c2)c1C.Cl. The summed E-state index contributed by atoms with van der Waals surface area (Å²) in [5.74, 6) is -0.327. The minimum atomic E-state index is -4.44. The number of amides is 1. The number of nitrogens with zero attached hydrogens (tertiary/aromatic N) is 2. The molecule has 1 amide bonds. The number of unbranched alkanes of at least 4 members (excludes halogenated alkanes) is 1. The van der Waals surface area contributed by atoms with Crippen LogP contribution in [-0.4, -0.2) is 28.3 Å². The molecule has 150 valence electrons. The summed E-state index contributed by atoms with van der Waals surface area (Å²) in [6, 6.07) is 4.69. The van der Waals surface area contributed by atoms with Gasteiger partial charge in [0.15, 0.2) is 0 Å². The highest BCUT2D eigenvalue weighted by atomic mass is 35.5. The van der Waals surface area contributed by atoms with E-state index < -0.39 is 11.7 Å². The van der Waals surface area contributed by atoms with Crippen LogP contribution in [-0.2, 0) is 6.18 Å². The van der Waals surface area contributed by atoms with E-state index in [9.17, 15) is 18.0 Å². The van der Waals surface area contributed by atoms with Gasteiger partial charge in [-0.25, -0.2) is 4.68 Å². The zero-order valence-corrected chi connectivity index (χ0v) is 16.0. The minimum absolute atomic E-state index is 0. The molecule has 2 aromatic rings. The van der Waals surface area contributed by atoms with Crippen LogP contribution in [0.2, 0.25) is 0 Å². The third kappa shape index (κ3) is 5.71. The van der Waals surface area contributed by atoms with Crippen LogP contribution in [0.15, 0.2) is 30.5 Å². The van der Waals surface area contributed by atoms with E-state index in [0.717, 1.165) is 31.4 Å². The first-order valence-corrected chi connectivity index (χ1v) is 8.51. The van der Waals surface area contributed by atoms with E-state index in [4.69, 9.17) is 5.73 Å². The standard InChI is InChI=1S/C18H23F3N4O.ClH/c1-3-4-7-14(10-22)24-17(26)16-11-23-25(12(16)2)15-8-5-6-13(9-15)18(19,20)21;/h5-6,8-9,11,14H,3-4,7,10,22H2,1-2H3,(H,24,26);1H. The molecule has 5 nitrogen and oxygen atoms in total. The van der Waals surface area contributed by atoms with Gasteiger partial charge in [0.1, 0.15) is 0 Å². The van der Waals surface area contributed by atoms with Crippen LogP contribution >= 0.6 is 12.4 Å². The number of carbonyl (C=O) groups excluding carboxylic acids is 1. The predicted molar refractivity (Wildman–Crippen MR) is 100 cm³/mol. The number of hydrogen-bond acceptors (Lipinski definition) is 3. The van der Waals surface area contributed by atoms with Crippen molar-refractivity contribution in [1.82, 2.24) is 15.1 Å². The number of halogens is 4. The lowest BCUT2D eigenvalue weighted by molar-refractivity contribution is -0.137.